The van der Waals surface area contributed by atoms with Crippen LogP contribution in [0.5, 0.6) is 0 Å². The molecule has 3 N–H and O–H groups in total. The van der Waals surface area contributed by atoms with Crippen LogP contribution in [-0.2, 0) is 4.79 Å². The van der Waals surface area contributed by atoms with E-state index in [2.05, 4.69) is 5.32 Å². The zero-order valence-corrected chi connectivity index (χ0v) is 8.31. The van der Waals surface area contributed by atoms with Crippen molar-refractivity contribution in [3.8, 4) is 0 Å². The molecule has 0 aromatic heterocycles. The van der Waals surface area contributed by atoms with E-state index in [0.29, 0.717) is 12.5 Å². The Hall–Kier alpha value is -0.780. The number of nitrogens with two attached hydrogens (primary N) is 1. The van der Waals surface area contributed by atoms with Crippen molar-refractivity contribution in [2.75, 3.05) is 6.54 Å². The summed E-state index contributed by atoms with van der Waals surface area (Å²) in [6.07, 6.45) is -0.527. The highest BCUT2D eigenvalue weighted by atomic mass is 19.4. The summed E-state index contributed by atoms with van der Waals surface area (Å²) in [5.41, 5.74) is 4.74. The lowest BCUT2D eigenvalue weighted by molar-refractivity contribution is -0.162. The van der Waals surface area contributed by atoms with Gasteiger partial charge in [0.1, 0.15) is 0 Å². The molecule has 1 atom stereocenters. The van der Waals surface area contributed by atoms with Crippen LogP contribution in [0.2, 0.25) is 0 Å². The molecule has 1 unspecified atom stereocenters. The number of alkyl halides is 3. The molecular weight excluding hydrogens is 209 g/mol. The van der Waals surface area contributed by atoms with Crippen LogP contribution in [0, 0.1) is 5.92 Å². The topological polar surface area (TPSA) is 55.1 Å². The molecule has 0 radical (unpaired) electrons. The smallest absolute Gasteiger partial charge is 0.354 e. The Balaban J connectivity index is 2.29. The molecule has 6 heteroatoms. The highest BCUT2D eigenvalue weighted by Crippen LogP contribution is 2.24. The fraction of sp³-hybridized carbons (Fsp3) is 0.889. The molecule has 0 bridgehead atoms. The Kier molecular flexibility index (Phi) is 3.96. The maximum atomic E-state index is 12.0. The predicted octanol–water partition coefficient (Wildman–Crippen LogP) is 1.18. The van der Waals surface area contributed by atoms with E-state index in [-0.39, 0.29) is 0 Å². The lowest BCUT2D eigenvalue weighted by Crippen LogP contribution is -2.50. The molecule has 88 valence electrons. The summed E-state index contributed by atoms with van der Waals surface area (Å²) in [6.45, 7) is 0.308. The largest absolute Gasteiger partial charge is 0.412 e. The number of carbonyl (C=O) groups is 1. The summed E-state index contributed by atoms with van der Waals surface area (Å²) in [4.78, 5) is 11.0. The van der Waals surface area contributed by atoms with Crippen LogP contribution in [0.4, 0.5) is 13.2 Å². The lowest BCUT2D eigenvalue weighted by atomic mass is 10.1. The summed E-state index contributed by atoms with van der Waals surface area (Å²) in [5, 5.41) is 2.25. The maximum absolute atomic E-state index is 12.0. The van der Waals surface area contributed by atoms with E-state index < -0.39 is 18.1 Å². The first-order valence-corrected chi connectivity index (χ1v) is 5.01. The van der Waals surface area contributed by atoms with Crippen molar-refractivity contribution in [2.45, 2.75) is 37.9 Å². The third kappa shape index (κ3) is 3.70. The number of amides is 1. The van der Waals surface area contributed by atoms with Gasteiger partial charge >= 0.3 is 6.18 Å². The molecular formula is C9H15F3N2O. The average Bonchev–Trinajstić information content (AvgIpc) is 2.63. The second-order valence-corrected chi connectivity index (χ2v) is 3.91. The number of rotatable bonds is 3. The molecule has 0 aromatic rings. The first-order valence-electron chi connectivity index (χ1n) is 5.01. The van der Waals surface area contributed by atoms with E-state index in [4.69, 9.17) is 5.73 Å². The number of carbonyl (C=O) groups excluding carboxylic acids is 1. The van der Waals surface area contributed by atoms with E-state index in [1.807, 2.05) is 0 Å². The Morgan fingerprint density at radius 2 is 1.93 bits per heavy atom. The first-order chi connectivity index (χ1) is 6.91. The number of nitrogens with one attached hydrogen (secondary N) is 1. The van der Waals surface area contributed by atoms with Gasteiger partial charge in [-0.3, -0.25) is 4.79 Å². The molecule has 0 saturated heterocycles. The van der Waals surface area contributed by atoms with Gasteiger partial charge in [-0.05, 0) is 18.8 Å². The van der Waals surface area contributed by atoms with E-state index in [1.165, 1.54) is 0 Å². The molecule has 0 spiro atoms. The Bertz CT molecular complexity index is 224. The van der Waals surface area contributed by atoms with Gasteiger partial charge in [-0.25, -0.2) is 0 Å². The minimum Gasteiger partial charge on any atom is -0.354 e. The normalized spacial score (nSPS) is 20.3. The van der Waals surface area contributed by atoms with Crippen LogP contribution in [0.25, 0.3) is 0 Å². The lowest BCUT2D eigenvalue weighted by Gasteiger charge is -2.17. The minimum absolute atomic E-state index is 0.308. The fourth-order valence-corrected chi connectivity index (χ4v) is 1.72. The zero-order valence-electron chi connectivity index (χ0n) is 8.31. The summed E-state index contributed by atoms with van der Waals surface area (Å²) >= 11 is 0. The van der Waals surface area contributed by atoms with Crippen LogP contribution >= 0.6 is 0 Å². The average molecular weight is 224 g/mol. The van der Waals surface area contributed by atoms with Crippen molar-refractivity contribution in [2.24, 2.45) is 11.7 Å². The van der Waals surface area contributed by atoms with Crippen molar-refractivity contribution < 1.29 is 18.0 Å². The SMILES string of the molecule is NC(C(=O)NCC1CCCC1)C(F)(F)F. The highest BCUT2D eigenvalue weighted by Gasteiger charge is 2.41. The van der Waals surface area contributed by atoms with Crippen LogP contribution in [0.3, 0.4) is 0 Å². The van der Waals surface area contributed by atoms with Gasteiger partial charge in [0, 0.05) is 6.54 Å². The molecule has 1 fully saturated rings. The number of hydrogen-bond donors (Lipinski definition) is 2. The van der Waals surface area contributed by atoms with Crippen molar-refractivity contribution in [1.82, 2.24) is 5.32 Å². The summed E-state index contributed by atoms with van der Waals surface area (Å²) < 4.78 is 36.0. The molecule has 1 aliphatic rings. The molecule has 3 nitrogen and oxygen atoms in total. The maximum Gasteiger partial charge on any atom is 0.412 e. The van der Waals surface area contributed by atoms with E-state index in [9.17, 15) is 18.0 Å². The van der Waals surface area contributed by atoms with Crippen LogP contribution in [-0.4, -0.2) is 24.7 Å². The summed E-state index contributed by atoms with van der Waals surface area (Å²) in [5.74, 6) is -0.816. The molecule has 0 aromatic carbocycles. The van der Waals surface area contributed by atoms with Gasteiger partial charge in [0.2, 0.25) is 5.91 Å². The molecule has 1 aliphatic carbocycles. The van der Waals surface area contributed by atoms with E-state index in [1.54, 1.807) is 0 Å². The van der Waals surface area contributed by atoms with E-state index >= 15 is 0 Å². The van der Waals surface area contributed by atoms with Crippen LogP contribution in [0.1, 0.15) is 25.7 Å². The second-order valence-electron chi connectivity index (χ2n) is 3.91. The van der Waals surface area contributed by atoms with Crippen molar-refractivity contribution in [1.29, 1.82) is 0 Å². The number of halogens is 3. The number of hydrogen-bond acceptors (Lipinski definition) is 2. The Labute approximate surface area is 86.2 Å². The third-order valence-corrected chi connectivity index (χ3v) is 2.67. The van der Waals surface area contributed by atoms with Gasteiger partial charge in [-0.2, -0.15) is 13.2 Å². The van der Waals surface area contributed by atoms with E-state index in [0.717, 1.165) is 25.7 Å². The van der Waals surface area contributed by atoms with Crippen molar-refractivity contribution >= 4 is 5.91 Å². The fourth-order valence-electron chi connectivity index (χ4n) is 1.72. The van der Waals surface area contributed by atoms with Crippen molar-refractivity contribution in [3.63, 3.8) is 0 Å². The molecule has 0 aliphatic heterocycles. The molecule has 1 saturated carbocycles. The van der Waals surface area contributed by atoms with Gasteiger partial charge in [0.25, 0.3) is 0 Å². The first kappa shape index (κ1) is 12.3. The minimum atomic E-state index is -4.65. The van der Waals surface area contributed by atoms with Crippen molar-refractivity contribution in [3.05, 3.63) is 0 Å². The zero-order chi connectivity index (χ0) is 11.5. The Morgan fingerprint density at radius 1 is 1.40 bits per heavy atom. The summed E-state index contributed by atoms with van der Waals surface area (Å²) in [7, 11) is 0. The molecule has 1 amide bonds. The second kappa shape index (κ2) is 4.83. The highest BCUT2D eigenvalue weighted by molar-refractivity contribution is 5.82. The Morgan fingerprint density at radius 3 is 2.40 bits per heavy atom. The summed E-state index contributed by atoms with van der Waals surface area (Å²) in [6, 6.07) is -2.40. The molecule has 15 heavy (non-hydrogen) atoms. The van der Waals surface area contributed by atoms with Gasteiger partial charge < -0.3 is 11.1 Å². The van der Waals surface area contributed by atoms with Gasteiger partial charge in [0.15, 0.2) is 6.04 Å². The van der Waals surface area contributed by atoms with Gasteiger partial charge in [-0.15, -0.1) is 0 Å². The van der Waals surface area contributed by atoms with Gasteiger partial charge in [-0.1, -0.05) is 12.8 Å². The van der Waals surface area contributed by atoms with Crippen LogP contribution in [0.15, 0.2) is 0 Å². The monoisotopic (exact) mass is 224 g/mol. The van der Waals surface area contributed by atoms with Gasteiger partial charge in [0.05, 0.1) is 0 Å². The molecule has 1 rings (SSSR count). The quantitative estimate of drug-likeness (QED) is 0.756. The predicted molar refractivity (Wildman–Crippen MR) is 49.0 cm³/mol. The third-order valence-electron chi connectivity index (χ3n) is 2.67. The standard InChI is InChI=1S/C9H15F3N2O/c10-9(11,12)7(13)8(15)14-5-6-3-1-2-4-6/h6-7H,1-5,13H2,(H,14,15). The van der Waals surface area contributed by atoms with Crippen LogP contribution < -0.4 is 11.1 Å². The molecule has 0 heterocycles.